The van der Waals surface area contributed by atoms with E-state index in [4.69, 9.17) is 12.2 Å². The third-order valence-electron chi connectivity index (χ3n) is 3.95. The Morgan fingerprint density at radius 1 is 1.16 bits per heavy atom. The van der Waals surface area contributed by atoms with Crippen LogP contribution >= 0.6 is 12.2 Å². The second-order valence-corrected chi connectivity index (χ2v) is 5.71. The molecule has 1 aromatic heterocycles. The molecule has 0 amide bonds. The number of para-hydroxylation sites is 1. The monoisotopic (exact) mass is 273 g/mol. The minimum absolute atomic E-state index is 0.692. The van der Waals surface area contributed by atoms with Crippen LogP contribution in [0.2, 0.25) is 0 Å². The van der Waals surface area contributed by atoms with Gasteiger partial charge in [0.15, 0.2) is 4.77 Å². The summed E-state index contributed by atoms with van der Waals surface area (Å²) in [4.78, 5) is 0. The van der Waals surface area contributed by atoms with Crippen LogP contribution in [0.1, 0.15) is 37.9 Å². The van der Waals surface area contributed by atoms with Gasteiger partial charge in [0.25, 0.3) is 0 Å². The van der Waals surface area contributed by atoms with E-state index in [1.807, 2.05) is 18.2 Å². The van der Waals surface area contributed by atoms with Gasteiger partial charge in [-0.1, -0.05) is 50.3 Å². The first kappa shape index (κ1) is 12.6. The van der Waals surface area contributed by atoms with Crippen molar-refractivity contribution in [3.8, 4) is 5.69 Å². The molecular weight excluding hydrogens is 254 g/mol. The number of nitrogens with zero attached hydrogens (tertiary/aromatic N) is 2. The lowest BCUT2D eigenvalue weighted by molar-refractivity contribution is 0.350. The van der Waals surface area contributed by atoms with Gasteiger partial charge in [0.05, 0.1) is 0 Å². The molecule has 0 bridgehead atoms. The van der Waals surface area contributed by atoms with Crippen LogP contribution < -0.4 is 0 Å². The topological polar surface area (TPSA) is 33.6 Å². The van der Waals surface area contributed by atoms with E-state index in [0.717, 1.165) is 23.9 Å². The summed E-state index contributed by atoms with van der Waals surface area (Å²) in [5.74, 6) is 1.84. The SMILES string of the molecule is S=c1[nH]nc(CC2CCCCC2)n1-c1ccccc1. The van der Waals surface area contributed by atoms with Crippen LogP contribution in [0.4, 0.5) is 0 Å². The van der Waals surface area contributed by atoms with E-state index in [2.05, 4.69) is 26.9 Å². The summed E-state index contributed by atoms with van der Waals surface area (Å²) in [6, 6.07) is 10.3. The molecule has 1 saturated carbocycles. The Bertz CT molecular complexity index is 579. The summed E-state index contributed by atoms with van der Waals surface area (Å²) < 4.78 is 2.77. The molecular formula is C15H19N3S. The highest BCUT2D eigenvalue weighted by atomic mass is 32.1. The first-order chi connectivity index (χ1) is 9.34. The Balaban J connectivity index is 1.88. The summed E-state index contributed by atoms with van der Waals surface area (Å²) in [5, 5.41) is 7.37. The highest BCUT2D eigenvalue weighted by Gasteiger charge is 2.17. The van der Waals surface area contributed by atoms with Crippen molar-refractivity contribution in [2.24, 2.45) is 5.92 Å². The van der Waals surface area contributed by atoms with E-state index >= 15 is 0 Å². The van der Waals surface area contributed by atoms with E-state index in [1.165, 1.54) is 32.1 Å². The fourth-order valence-corrected chi connectivity index (χ4v) is 3.22. The molecule has 100 valence electrons. The molecule has 19 heavy (non-hydrogen) atoms. The molecule has 0 radical (unpaired) electrons. The van der Waals surface area contributed by atoms with Crippen LogP contribution in [0, 0.1) is 10.7 Å². The first-order valence-corrected chi connectivity index (χ1v) is 7.47. The number of aromatic amines is 1. The largest absolute Gasteiger partial charge is 0.272 e. The molecule has 0 atom stereocenters. The van der Waals surface area contributed by atoms with Crippen molar-refractivity contribution >= 4 is 12.2 Å². The minimum atomic E-state index is 0.692. The molecule has 2 aromatic rings. The van der Waals surface area contributed by atoms with Crippen LogP contribution in [0.5, 0.6) is 0 Å². The number of hydrogen-bond donors (Lipinski definition) is 1. The molecule has 3 nitrogen and oxygen atoms in total. The van der Waals surface area contributed by atoms with Gasteiger partial charge in [0.1, 0.15) is 5.82 Å². The predicted molar refractivity (Wildman–Crippen MR) is 79.0 cm³/mol. The smallest absolute Gasteiger partial charge is 0.199 e. The zero-order valence-corrected chi connectivity index (χ0v) is 11.8. The lowest BCUT2D eigenvalue weighted by Crippen LogP contribution is -2.13. The van der Waals surface area contributed by atoms with Gasteiger partial charge < -0.3 is 0 Å². The lowest BCUT2D eigenvalue weighted by Gasteiger charge is -2.21. The number of aromatic nitrogens is 3. The zero-order chi connectivity index (χ0) is 13.1. The minimum Gasteiger partial charge on any atom is -0.272 e. The number of nitrogens with one attached hydrogen (secondary N) is 1. The molecule has 0 spiro atoms. The number of hydrogen-bond acceptors (Lipinski definition) is 2. The molecule has 1 aliphatic rings. The Morgan fingerprint density at radius 3 is 2.63 bits per heavy atom. The quantitative estimate of drug-likeness (QED) is 0.856. The van der Waals surface area contributed by atoms with Crippen molar-refractivity contribution in [1.29, 1.82) is 0 Å². The molecule has 0 saturated heterocycles. The Labute approximate surface area is 118 Å². The third-order valence-corrected chi connectivity index (χ3v) is 4.23. The molecule has 1 heterocycles. The number of rotatable bonds is 3. The van der Waals surface area contributed by atoms with Crippen molar-refractivity contribution in [3.05, 3.63) is 40.9 Å². The average Bonchev–Trinajstić information content (AvgIpc) is 2.82. The highest BCUT2D eigenvalue weighted by Crippen LogP contribution is 2.27. The van der Waals surface area contributed by atoms with Crippen molar-refractivity contribution in [2.75, 3.05) is 0 Å². The van der Waals surface area contributed by atoms with Gasteiger partial charge in [-0.15, -0.1) is 0 Å². The summed E-state index contributed by atoms with van der Waals surface area (Å²) in [6.45, 7) is 0. The van der Waals surface area contributed by atoms with Gasteiger partial charge in [-0.25, -0.2) is 0 Å². The molecule has 1 aromatic carbocycles. The number of benzene rings is 1. The summed E-state index contributed by atoms with van der Waals surface area (Å²) in [6.07, 6.45) is 7.80. The summed E-state index contributed by atoms with van der Waals surface area (Å²) >= 11 is 5.37. The second-order valence-electron chi connectivity index (χ2n) is 5.32. The molecule has 1 N–H and O–H groups in total. The van der Waals surface area contributed by atoms with Gasteiger partial charge in [0, 0.05) is 12.1 Å². The van der Waals surface area contributed by atoms with E-state index in [1.54, 1.807) is 0 Å². The van der Waals surface area contributed by atoms with Crippen LogP contribution in [0.15, 0.2) is 30.3 Å². The Kier molecular flexibility index (Phi) is 3.78. The normalized spacial score (nSPS) is 16.6. The summed E-state index contributed by atoms with van der Waals surface area (Å²) in [5.41, 5.74) is 1.10. The van der Waals surface area contributed by atoms with Gasteiger partial charge in [-0.2, -0.15) is 5.10 Å². The lowest BCUT2D eigenvalue weighted by atomic mass is 9.87. The molecule has 0 aliphatic heterocycles. The highest BCUT2D eigenvalue weighted by molar-refractivity contribution is 7.71. The molecule has 1 fully saturated rings. The predicted octanol–water partition coefficient (Wildman–Crippen LogP) is 4.05. The maximum absolute atomic E-state index is 5.37. The Morgan fingerprint density at radius 2 is 1.89 bits per heavy atom. The molecule has 1 aliphatic carbocycles. The fraction of sp³-hybridized carbons (Fsp3) is 0.467. The summed E-state index contributed by atoms with van der Waals surface area (Å²) in [7, 11) is 0. The Hall–Kier alpha value is -1.42. The molecule has 4 heteroatoms. The molecule has 3 rings (SSSR count). The maximum atomic E-state index is 5.37. The second kappa shape index (κ2) is 5.70. The van der Waals surface area contributed by atoms with Gasteiger partial charge in [-0.05, 0) is 30.3 Å². The van der Waals surface area contributed by atoms with E-state index in [9.17, 15) is 0 Å². The van der Waals surface area contributed by atoms with Crippen molar-refractivity contribution in [1.82, 2.24) is 14.8 Å². The van der Waals surface area contributed by atoms with Crippen LogP contribution in [-0.2, 0) is 6.42 Å². The fourth-order valence-electron chi connectivity index (χ4n) is 2.96. The van der Waals surface area contributed by atoms with Crippen molar-refractivity contribution < 1.29 is 0 Å². The van der Waals surface area contributed by atoms with Crippen LogP contribution in [0.3, 0.4) is 0 Å². The van der Waals surface area contributed by atoms with Gasteiger partial charge >= 0.3 is 0 Å². The van der Waals surface area contributed by atoms with Crippen molar-refractivity contribution in [2.45, 2.75) is 38.5 Å². The van der Waals surface area contributed by atoms with E-state index in [-0.39, 0.29) is 0 Å². The van der Waals surface area contributed by atoms with E-state index in [0.29, 0.717) is 4.77 Å². The van der Waals surface area contributed by atoms with Crippen LogP contribution in [-0.4, -0.2) is 14.8 Å². The van der Waals surface area contributed by atoms with Gasteiger partial charge in [0.2, 0.25) is 0 Å². The standard InChI is InChI=1S/C15H19N3S/c19-15-17-16-14(11-12-7-3-1-4-8-12)18(15)13-9-5-2-6-10-13/h2,5-6,9-10,12H,1,3-4,7-8,11H2,(H,17,19). The van der Waals surface area contributed by atoms with Crippen molar-refractivity contribution in [3.63, 3.8) is 0 Å². The first-order valence-electron chi connectivity index (χ1n) is 7.06. The zero-order valence-electron chi connectivity index (χ0n) is 11.0. The molecule has 0 unspecified atom stereocenters. The maximum Gasteiger partial charge on any atom is 0.199 e. The average molecular weight is 273 g/mol. The third kappa shape index (κ3) is 2.78. The van der Waals surface area contributed by atoms with Gasteiger partial charge in [-0.3, -0.25) is 9.67 Å². The number of H-pyrrole nitrogens is 1. The van der Waals surface area contributed by atoms with E-state index < -0.39 is 0 Å². The van der Waals surface area contributed by atoms with Crippen LogP contribution in [0.25, 0.3) is 5.69 Å².